The summed E-state index contributed by atoms with van der Waals surface area (Å²) in [5.41, 5.74) is 0.176. The molecule has 9 heteroatoms. The predicted molar refractivity (Wildman–Crippen MR) is 58.1 cm³/mol. The third kappa shape index (κ3) is 3.60. The van der Waals surface area contributed by atoms with E-state index in [0.29, 0.717) is 6.42 Å². The van der Waals surface area contributed by atoms with Crippen LogP contribution in [-0.4, -0.2) is 33.9 Å². The lowest BCUT2D eigenvalue weighted by atomic mass is 10.1. The first-order chi connectivity index (χ1) is 8.36. The second-order valence-electron chi connectivity index (χ2n) is 3.66. The molecule has 1 aliphatic heterocycles. The Bertz CT molecular complexity index is 378. The van der Waals surface area contributed by atoms with Crippen molar-refractivity contribution in [3.8, 4) is 0 Å². The van der Waals surface area contributed by atoms with Crippen LogP contribution in [0.4, 0.5) is 18.0 Å². The van der Waals surface area contributed by atoms with Gasteiger partial charge >= 0.3 is 12.3 Å². The number of hydrazone groups is 2. The quantitative estimate of drug-likeness (QED) is 0.767. The average molecular weight is 266 g/mol. The van der Waals surface area contributed by atoms with Crippen LogP contribution in [0.5, 0.6) is 0 Å². The lowest BCUT2D eigenvalue weighted by molar-refractivity contribution is -0.0582. The van der Waals surface area contributed by atoms with Crippen molar-refractivity contribution in [3.63, 3.8) is 0 Å². The van der Waals surface area contributed by atoms with E-state index in [9.17, 15) is 18.0 Å². The monoisotopic (exact) mass is 266 g/mol. The Labute approximate surface area is 101 Å². The zero-order chi connectivity index (χ0) is 13.8. The molecule has 0 saturated heterocycles. The molecule has 0 bridgehead atoms. The maximum Gasteiger partial charge on any atom is 0.449 e. The van der Waals surface area contributed by atoms with Crippen molar-refractivity contribution in [2.75, 3.05) is 0 Å². The maximum absolute atomic E-state index is 12.6. The molecule has 1 aliphatic rings. The van der Waals surface area contributed by atoms with Crippen molar-refractivity contribution in [2.24, 2.45) is 10.2 Å². The SMILES string of the molecule is CCCCCC1=NN(C(=O)O)NN=C1C(F)(F)F. The lowest BCUT2D eigenvalue weighted by Crippen LogP contribution is -2.45. The molecule has 0 radical (unpaired) electrons. The highest BCUT2D eigenvalue weighted by atomic mass is 19.4. The van der Waals surface area contributed by atoms with Crippen molar-refractivity contribution < 1.29 is 23.1 Å². The second-order valence-corrected chi connectivity index (χ2v) is 3.66. The Morgan fingerprint density at radius 3 is 2.61 bits per heavy atom. The molecular formula is C9H13F3N4O2. The highest BCUT2D eigenvalue weighted by molar-refractivity contribution is 6.44. The van der Waals surface area contributed by atoms with E-state index >= 15 is 0 Å². The van der Waals surface area contributed by atoms with E-state index in [2.05, 4.69) is 10.2 Å². The molecule has 0 aromatic carbocycles. The number of carboxylic acid groups (broad SMARTS) is 1. The number of rotatable bonds is 4. The number of unbranched alkanes of at least 4 members (excludes halogenated alkanes) is 2. The third-order valence-electron chi connectivity index (χ3n) is 2.22. The molecule has 0 aliphatic carbocycles. The predicted octanol–water partition coefficient (Wildman–Crippen LogP) is 2.34. The van der Waals surface area contributed by atoms with Gasteiger partial charge in [0.1, 0.15) is 0 Å². The number of halogens is 3. The molecule has 0 aromatic heterocycles. The zero-order valence-corrected chi connectivity index (χ0v) is 9.66. The summed E-state index contributed by atoms with van der Waals surface area (Å²) in [6.07, 6.45) is -4.05. The van der Waals surface area contributed by atoms with Crippen LogP contribution in [0, 0.1) is 0 Å². The largest absolute Gasteiger partial charge is 0.462 e. The van der Waals surface area contributed by atoms with Crippen molar-refractivity contribution in [2.45, 2.75) is 38.8 Å². The second kappa shape index (κ2) is 5.69. The summed E-state index contributed by atoms with van der Waals surface area (Å²) in [6, 6.07) is 0. The van der Waals surface area contributed by atoms with Crippen molar-refractivity contribution >= 4 is 17.5 Å². The van der Waals surface area contributed by atoms with Crippen LogP contribution in [-0.2, 0) is 0 Å². The highest BCUT2D eigenvalue weighted by Gasteiger charge is 2.41. The van der Waals surface area contributed by atoms with Gasteiger partial charge in [-0.25, -0.2) is 4.79 Å². The first-order valence-electron chi connectivity index (χ1n) is 5.37. The van der Waals surface area contributed by atoms with E-state index in [0.717, 1.165) is 12.8 Å². The molecule has 0 unspecified atom stereocenters. The van der Waals surface area contributed by atoms with E-state index in [-0.39, 0.29) is 17.3 Å². The summed E-state index contributed by atoms with van der Waals surface area (Å²) in [6.45, 7) is 1.91. The molecule has 2 N–H and O–H groups in total. The lowest BCUT2D eigenvalue weighted by Gasteiger charge is -2.22. The topological polar surface area (TPSA) is 77.3 Å². The van der Waals surface area contributed by atoms with Crippen LogP contribution in [0.1, 0.15) is 32.6 Å². The van der Waals surface area contributed by atoms with Crippen molar-refractivity contribution in [3.05, 3.63) is 0 Å². The molecule has 0 spiro atoms. The molecule has 18 heavy (non-hydrogen) atoms. The van der Waals surface area contributed by atoms with Gasteiger partial charge in [0.25, 0.3) is 0 Å². The third-order valence-corrected chi connectivity index (χ3v) is 2.22. The average Bonchev–Trinajstić information content (AvgIpc) is 2.27. The standard InChI is InChI=1S/C9H13F3N4O2/c1-2-3-4-5-6-7(9(10,11)12)13-15-16(14-6)8(17)18/h15H,2-5H2,1H3,(H,17,18). The van der Waals surface area contributed by atoms with E-state index in [1.165, 1.54) is 0 Å². The smallest absolute Gasteiger partial charge is 0.449 e. The van der Waals surface area contributed by atoms with Crippen molar-refractivity contribution in [1.82, 2.24) is 10.7 Å². The molecule has 0 atom stereocenters. The van der Waals surface area contributed by atoms with E-state index in [1.807, 2.05) is 6.92 Å². The number of hydrogen-bond donors (Lipinski definition) is 2. The van der Waals surface area contributed by atoms with Gasteiger partial charge in [0.15, 0.2) is 5.71 Å². The summed E-state index contributed by atoms with van der Waals surface area (Å²) in [5, 5.41) is 15.3. The number of amides is 1. The summed E-state index contributed by atoms with van der Waals surface area (Å²) in [7, 11) is 0. The molecule has 0 saturated carbocycles. The van der Waals surface area contributed by atoms with Crippen LogP contribution < -0.4 is 5.53 Å². The highest BCUT2D eigenvalue weighted by Crippen LogP contribution is 2.22. The number of hydrazine groups is 1. The summed E-state index contributed by atoms with van der Waals surface area (Å²) in [4.78, 5) is 10.6. The summed E-state index contributed by atoms with van der Waals surface area (Å²) >= 11 is 0. The maximum atomic E-state index is 12.6. The Hall–Kier alpha value is -1.80. The number of carbonyl (C=O) groups is 1. The molecular weight excluding hydrogens is 253 g/mol. The van der Waals surface area contributed by atoms with Crippen molar-refractivity contribution in [1.29, 1.82) is 0 Å². The molecule has 0 aromatic rings. The Morgan fingerprint density at radius 1 is 1.44 bits per heavy atom. The number of alkyl halides is 3. The fourth-order valence-corrected chi connectivity index (χ4v) is 1.38. The molecule has 0 fully saturated rings. The van der Waals surface area contributed by atoms with Crippen LogP contribution in [0.25, 0.3) is 0 Å². The minimum absolute atomic E-state index is 0.0393. The van der Waals surface area contributed by atoms with E-state index < -0.39 is 18.0 Å². The van der Waals surface area contributed by atoms with Gasteiger partial charge in [-0.1, -0.05) is 24.9 Å². The minimum atomic E-state index is -4.65. The Balaban J connectivity index is 2.85. The first-order valence-corrected chi connectivity index (χ1v) is 5.37. The van der Waals surface area contributed by atoms with Gasteiger partial charge in [0.2, 0.25) is 0 Å². The Kier molecular flexibility index (Phi) is 4.51. The summed E-state index contributed by atoms with van der Waals surface area (Å²) in [5.74, 6) is 0. The number of hydrogen-bond acceptors (Lipinski definition) is 4. The molecule has 102 valence electrons. The van der Waals surface area contributed by atoms with Gasteiger partial charge in [-0.2, -0.15) is 23.8 Å². The van der Waals surface area contributed by atoms with E-state index in [4.69, 9.17) is 5.11 Å². The molecule has 1 heterocycles. The van der Waals surface area contributed by atoms with Gasteiger partial charge < -0.3 is 5.11 Å². The first kappa shape index (κ1) is 14.3. The fraction of sp³-hybridized carbons (Fsp3) is 0.667. The van der Waals surface area contributed by atoms with E-state index in [1.54, 1.807) is 5.53 Å². The molecule has 1 rings (SSSR count). The van der Waals surface area contributed by atoms with Crippen LogP contribution in [0.3, 0.4) is 0 Å². The molecule has 6 nitrogen and oxygen atoms in total. The Morgan fingerprint density at radius 2 is 2.11 bits per heavy atom. The molecule has 1 amide bonds. The van der Waals surface area contributed by atoms with Crippen LogP contribution in [0.15, 0.2) is 10.2 Å². The van der Waals surface area contributed by atoms with Gasteiger partial charge in [0.05, 0.1) is 5.71 Å². The number of nitrogens with one attached hydrogen (secondary N) is 1. The van der Waals surface area contributed by atoms with Crippen LogP contribution in [0.2, 0.25) is 0 Å². The van der Waals surface area contributed by atoms with Gasteiger partial charge in [-0.15, -0.1) is 5.10 Å². The van der Waals surface area contributed by atoms with Gasteiger partial charge in [0, 0.05) is 0 Å². The minimum Gasteiger partial charge on any atom is -0.462 e. The fourth-order valence-electron chi connectivity index (χ4n) is 1.38. The zero-order valence-electron chi connectivity index (χ0n) is 9.66. The van der Waals surface area contributed by atoms with Gasteiger partial charge in [-0.05, 0) is 12.8 Å². The van der Waals surface area contributed by atoms with Crippen LogP contribution >= 0.6 is 0 Å². The summed E-state index contributed by atoms with van der Waals surface area (Å²) < 4.78 is 37.8. The number of nitrogens with zero attached hydrogens (tertiary/aromatic N) is 3. The normalized spacial score (nSPS) is 15.9. The van der Waals surface area contributed by atoms with Gasteiger partial charge in [-0.3, -0.25) is 0 Å².